The Bertz CT molecular complexity index is 381. The van der Waals surface area contributed by atoms with Crippen molar-refractivity contribution in [3.63, 3.8) is 0 Å². The van der Waals surface area contributed by atoms with E-state index in [4.69, 9.17) is 0 Å². The standard InChI is InChI=1S/C37H78P/c1-5-9-13-17-18-19-20-21-22-23-24-25-29-33-37-38(34-30-26-14-10-6-2,35-31-27-15-11-7-3)36-32-28-16-12-8-4/h5-37H2,1-4H3/q+1. The smallest absolute Gasteiger partial charge is 0.0594 e. The lowest BCUT2D eigenvalue weighted by atomic mass is 10.0. The van der Waals surface area contributed by atoms with Gasteiger partial charge in [-0.15, -0.1) is 0 Å². The summed E-state index contributed by atoms with van der Waals surface area (Å²) in [6.45, 7) is 9.40. The van der Waals surface area contributed by atoms with Crippen LogP contribution in [-0.2, 0) is 0 Å². The van der Waals surface area contributed by atoms with Gasteiger partial charge in [0.15, 0.2) is 0 Å². The molecule has 0 amide bonds. The maximum atomic E-state index is 2.36. The summed E-state index contributed by atoms with van der Waals surface area (Å²) < 4.78 is 0. The summed E-state index contributed by atoms with van der Waals surface area (Å²) in [5.41, 5.74) is 0. The van der Waals surface area contributed by atoms with Crippen LogP contribution >= 0.6 is 7.26 Å². The molecule has 0 nitrogen and oxygen atoms in total. The van der Waals surface area contributed by atoms with E-state index < -0.39 is 7.26 Å². The number of hydrogen-bond donors (Lipinski definition) is 0. The van der Waals surface area contributed by atoms with Crippen molar-refractivity contribution in [2.45, 2.75) is 214 Å². The van der Waals surface area contributed by atoms with Crippen LogP contribution in [0.3, 0.4) is 0 Å². The Hall–Kier alpha value is 0.430. The summed E-state index contributed by atoms with van der Waals surface area (Å²) in [4.78, 5) is 0. The molecule has 0 rings (SSSR count). The van der Waals surface area contributed by atoms with E-state index in [1.807, 2.05) is 0 Å². The lowest BCUT2D eigenvalue weighted by Gasteiger charge is -2.28. The van der Waals surface area contributed by atoms with Crippen molar-refractivity contribution in [2.24, 2.45) is 0 Å². The Labute approximate surface area is 245 Å². The monoisotopic (exact) mass is 554 g/mol. The highest BCUT2D eigenvalue weighted by atomic mass is 31.2. The van der Waals surface area contributed by atoms with Gasteiger partial charge in [0, 0.05) is 7.26 Å². The van der Waals surface area contributed by atoms with Gasteiger partial charge in [-0.1, -0.05) is 163 Å². The molecule has 0 bridgehead atoms. The Morgan fingerprint density at radius 3 is 0.553 bits per heavy atom. The van der Waals surface area contributed by atoms with Crippen LogP contribution in [0.2, 0.25) is 0 Å². The minimum absolute atomic E-state index is 0.727. The minimum atomic E-state index is -0.727. The van der Waals surface area contributed by atoms with E-state index in [1.54, 1.807) is 50.3 Å². The van der Waals surface area contributed by atoms with Gasteiger partial charge >= 0.3 is 0 Å². The predicted octanol–water partition coefficient (Wildman–Crippen LogP) is 14.4. The fraction of sp³-hybridized carbons (Fsp3) is 1.00. The Balaban J connectivity index is 4.40. The highest BCUT2D eigenvalue weighted by Gasteiger charge is 2.34. The van der Waals surface area contributed by atoms with Crippen molar-refractivity contribution in [1.29, 1.82) is 0 Å². The van der Waals surface area contributed by atoms with Gasteiger partial charge in [-0.25, -0.2) is 0 Å². The molecule has 0 aliphatic heterocycles. The van der Waals surface area contributed by atoms with Gasteiger partial charge in [-0.3, -0.25) is 0 Å². The maximum absolute atomic E-state index is 2.36. The Kier molecular flexibility index (Phi) is 32.3. The summed E-state index contributed by atoms with van der Waals surface area (Å²) in [7, 11) is -0.727. The van der Waals surface area contributed by atoms with Crippen molar-refractivity contribution < 1.29 is 0 Å². The Morgan fingerprint density at radius 1 is 0.211 bits per heavy atom. The third kappa shape index (κ3) is 26.6. The van der Waals surface area contributed by atoms with Crippen molar-refractivity contribution >= 4 is 7.26 Å². The molecule has 0 radical (unpaired) electrons. The lowest BCUT2D eigenvalue weighted by molar-refractivity contribution is 0.538. The molecule has 0 aliphatic rings. The number of unbranched alkanes of at least 4 members (excludes halogenated alkanes) is 25. The van der Waals surface area contributed by atoms with Crippen LogP contribution in [0.15, 0.2) is 0 Å². The fourth-order valence-corrected chi connectivity index (χ4v) is 11.4. The van der Waals surface area contributed by atoms with Gasteiger partial charge < -0.3 is 0 Å². The molecular weight excluding hydrogens is 475 g/mol. The van der Waals surface area contributed by atoms with Crippen molar-refractivity contribution in [3.05, 3.63) is 0 Å². The van der Waals surface area contributed by atoms with Crippen molar-refractivity contribution in [3.8, 4) is 0 Å². The molecule has 0 spiro atoms. The van der Waals surface area contributed by atoms with Gasteiger partial charge in [0.1, 0.15) is 0 Å². The third-order valence-corrected chi connectivity index (χ3v) is 14.3. The highest BCUT2D eigenvalue weighted by molar-refractivity contribution is 7.75. The van der Waals surface area contributed by atoms with Crippen molar-refractivity contribution in [2.75, 3.05) is 24.6 Å². The van der Waals surface area contributed by atoms with E-state index >= 15 is 0 Å². The summed E-state index contributed by atoms with van der Waals surface area (Å²) in [6.07, 6.45) is 49.6. The van der Waals surface area contributed by atoms with Crippen LogP contribution in [0.5, 0.6) is 0 Å². The summed E-state index contributed by atoms with van der Waals surface area (Å²) in [6, 6.07) is 0. The molecule has 0 aromatic rings. The van der Waals surface area contributed by atoms with E-state index in [0.29, 0.717) is 0 Å². The molecule has 0 aromatic heterocycles. The van der Waals surface area contributed by atoms with Crippen LogP contribution in [0.4, 0.5) is 0 Å². The lowest BCUT2D eigenvalue weighted by Crippen LogP contribution is -2.13. The molecule has 1 heteroatoms. The summed E-state index contributed by atoms with van der Waals surface area (Å²) in [5.74, 6) is 0. The van der Waals surface area contributed by atoms with Gasteiger partial charge in [-0.2, -0.15) is 0 Å². The molecule has 0 N–H and O–H groups in total. The molecule has 0 saturated carbocycles. The first-order valence-corrected chi connectivity index (χ1v) is 21.1. The van der Waals surface area contributed by atoms with Crippen LogP contribution in [-0.4, -0.2) is 24.6 Å². The molecular formula is C37H78P+. The van der Waals surface area contributed by atoms with Crippen LogP contribution in [0.1, 0.15) is 214 Å². The quantitative estimate of drug-likeness (QED) is 0.0560. The van der Waals surface area contributed by atoms with E-state index in [-0.39, 0.29) is 0 Å². The number of hydrogen-bond acceptors (Lipinski definition) is 0. The van der Waals surface area contributed by atoms with Crippen molar-refractivity contribution in [1.82, 2.24) is 0 Å². The van der Waals surface area contributed by atoms with Gasteiger partial charge in [0.2, 0.25) is 0 Å². The maximum Gasteiger partial charge on any atom is 0.0594 e. The zero-order chi connectivity index (χ0) is 27.8. The zero-order valence-corrected chi connectivity index (χ0v) is 28.7. The van der Waals surface area contributed by atoms with Gasteiger partial charge in [-0.05, 0) is 51.4 Å². The second-order valence-electron chi connectivity index (χ2n) is 13.1. The van der Waals surface area contributed by atoms with Crippen LogP contribution in [0.25, 0.3) is 0 Å². The van der Waals surface area contributed by atoms with E-state index in [2.05, 4.69) is 27.7 Å². The van der Waals surface area contributed by atoms with Crippen LogP contribution < -0.4 is 0 Å². The molecule has 0 atom stereocenters. The average Bonchev–Trinajstić information content (AvgIpc) is 2.93. The first kappa shape index (κ1) is 38.4. The second kappa shape index (κ2) is 32.0. The highest BCUT2D eigenvalue weighted by Crippen LogP contribution is 2.61. The SMILES string of the molecule is CCCCCCCCCCCCCCCC[P+](CCCCCCC)(CCCCCCC)CCCCCCC. The zero-order valence-electron chi connectivity index (χ0n) is 27.8. The Morgan fingerprint density at radius 2 is 0.368 bits per heavy atom. The van der Waals surface area contributed by atoms with Gasteiger partial charge in [0.25, 0.3) is 0 Å². The first-order valence-electron chi connectivity index (χ1n) is 18.6. The first-order chi connectivity index (χ1) is 18.7. The molecule has 0 unspecified atom stereocenters. The topological polar surface area (TPSA) is 0 Å². The van der Waals surface area contributed by atoms with E-state index in [9.17, 15) is 0 Å². The molecule has 38 heavy (non-hydrogen) atoms. The predicted molar refractivity (Wildman–Crippen MR) is 183 cm³/mol. The van der Waals surface area contributed by atoms with E-state index in [1.165, 1.54) is 161 Å². The molecule has 0 fully saturated rings. The molecule has 0 aromatic carbocycles. The number of rotatable bonds is 33. The second-order valence-corrected chi connectivity index (χ2v) is 17.5. The van der Waals surface area contributed by atoms with E-state index in [0.717, 1.165) is 0 Å². The average molecular weight is 554 g/mol. The molecule has 0 aliphatic carbocycles. The molecule has 0 saturated heterocycles. The molecule has 0 heterocycles. The molecule has 230 valence electrons. The summed E-state index contributed by atoms with van der Waals surface area (Å²) >= 11 is 0. The largest absolute Gasteiger partial charge is 0.0654 e. The minimum Gasteiger partial charge on any atom is -0.0654 e. The normalized spacial score (nSPS) is 12.0. The van der Waals surface area contributed by atoms with Crippen LogP contribution in [0, 0.1) is 0 Å². The van der Waals surface area contributed by atoms with Gasteiger partial charge in [0.05, 0.1) is 24.6 Å². The fourth-order valence-electron chi connectivity index (χ4n) is 6.46. The third-order valence-electron chi connectivity index (χ3n) is 9.19. The summed E-state index contributed by atoms with van der Waals surface area (Å²) in [5, 5.41) is 0.